The number of allylic oxidation sites excluding steroid dienone is 1. The zero-order chi connectivity index (χ0) is 18.5. The molecule has 0 aromatic heterocycles. The van der Waals surface area contributed by atoms with Gasteiger partial charge in [0.25, 0.3) is 0 Å². The molecule has 3 aliphatic carbocycles. The molecule has 1 aromatic carbocycles. The highest BCUT2D eigenvalue weighted by molar-refractivity contribution is 6.36. The Morgan fingerprint density at radius 3 is 2.30 bits per heavy atom. The Morgan fingerprint density at radius 1 is 1.04 bits per heavy atom. The molecule has 1 aromatic rings. The topological polar surface area (TPSA) is 47.6 Å². The summed E-state index contributed by atoms with van der Waals surface area (Å²) in [5, 5.41) is 1.25. The smallest absolute Gasteiger partial charge is 0.139 e. The van der Waals surface area contributed by atoms with Gasteiger partial charge in [-0.2, -0.15) is 0 Å². The van der Waals surface area contributed by atoms with Crippen molar-refractivity contribution in [2.75, 3.05) is 6.61 Å². The molecule has 0 amide bonds. The largest absolute Gasteiger partial charge is 0.412 e. The number of hydrogen-bond donors (Lipinski definition) is 1. The van der Waals surface area contributed by atoms with Gasteiger partial charge in [-0.25, -0.2) is 0 Å². The van der Waals surface area contributed by atoms with Crippen LogP contribution in [-0.2, 0) is 14.4 Å². The van der Waals surface area contributed by atoms with Crippen molar-refractivity contribution in [3.8, 4) is 0 Å². The number of ketones is 1. The molecule has 2 unspecified atom stereocenters. The fourth-order valence-electron chi connectivity index (χ4n) is 4.83. The monoisotopic (exact) mass is 407 g/mol. The number of carbonyl (C=O) groups excluding carboxylic acids is 1. The molecule has 1 heterocycles. The zero-order valence-electron chi connectivity index (χ0n) is 15.0. The molecule has 4 atom stereocenters. The van der Waals surface area contributed by atoms with E-state index in [0.29, 0.717) is 28.4 Å². The number of hydrogen-bond acceptors (Lipinski definition) is 4. The van der Waals surface area contributed by atoms with Gasteiger partial charge in [0.05, 0.1) is 18.8 Å². The first-order valence-electron chi connectivity index (χ1n) is 9.86. The molecule has 3 fully saturated rings. The fraction of sp³-hybridized carbons (Fsp3) is 0.571. The number of ether oxygens (including phenoxy) is 1. The van der Waals surface area contributed by atoms with E-state index in [0.717, 1.165) is 55.4 Å². The van der Waals surface area contributed by atoms with E-state index in [4.69, 9.17) is 32.8 Å². The Kier molecular flexibility index (Phi) is 4.71. The van der Waals surface area contributed by atoms with Gasteiger partial charge in [-0.05, 0) is 50.7 Å². The van der Waals surface area contributed by atoms with Gasteiger partial charge >= 0.3 is 0 Å². The molecule has 3 saturated carbocycles. The van der Waals surface area contributed by atoms with E-state index in [9.17, 15) is 4.79 Å². The second-order valence-corrected chi connectivity index (χ2v) is 9.04. The molecular formula is C21H23Cl2NO3. The Labute approximate surface area is 169 Å². The number of Topliss-reactive ketones (excluding diaryl/α,β-unsaturated/α-hetero) is 1. The fourth-order valence-corrected chi connectivity index (χ4v) is 5.45. The summed E-state index contributed by atoms with van der Waals surface area (Å²) in [5.41, 5.74) is 5.06. The van der Waals surface area contributed by atoms with Crippen LogP contribution >= 0.6 is 23.2 Å². The minimum atomic E-state index is -0.191. The first kappa shape index (κ1) is 18.0. The molecular weight excluding hydrogens is 385 g/mol. The van der Waals surface area contributed by atoms with Gasteiger partial charge in [0.1, 0.15) is 11.5 Å². The molecule has 4 nitrogen and oxygen atoms in total. The van der Waals surface area contributed by atoms with Gasteiger partial charge in [-0.3, -0.25) is 4.79 Å². The molecule has 2 bridgehead atoms. The predicted molar refractivity (Wildman–Crippen MR) is 103 cm³/mol. The van der Waals surface area contributed by atoms with E-state index in [1.165, 1.54) is 0 Å². The Morgan fingerprint density at radius 2 is 1.67 bits per heavy atom. The molecule has 1 N–H and O–H groups in total. The molecule has 4 aliphatic rings. The van der Waals surface area contributed by atoms with Gasteiger partial charge in [-0.15, -0.1) is 5.48 Å². The van der Waals surface area contributed by atoms with E-state index in [1.807, 2.05) is 18.2 Å². The van der Waals surface area contributed by atoms with Gasteiger partial charge in [0.15, 0.2) is 0 Å². The average molecular weight is 408 g/mol. The molecule has 0 saturated heterocycles. The van der Waals surface area contributed by atoms with E-state index in [-0.39, 0.29) is 24.0 Å². The lowest BCUT2D eigenvalue weighted by molar-refractivity contribution is -0.129. The minimum Gasteiger partial charge on any atom is -0.412 e. The maximum atomic E-state index is 12.1. The second kappa shape index (κ2) is 7.07. The highest BCUT2D eigenvalue weighted by atomic mass is 35.5. The van der Waals surface area contributed by atoms with Crippen LogP contribution < -0.4 is 5.48 Å². The normalized spacial score (nSPS) is 32.9. The van der Waals surface area contributed by atoms with Crippen LogP contribution in [0.25, 0.3) is 0 Å². The highest BCUT2D eigenvalue weighted by Gasteiger charge is 2.43. The lowest BCUT2D eigenvalue weighted by atomic mass is 9.86. The Bertz CT molecular complexity index is 768. The highest BCUT2D eigenvalue weighted by Crippen LogP contribution is 2.47. The standard InChI is InChI=1S/C21H23Cl2NO3/c22-16-2-1-3-17(23)18(16)19-15(21(27-24-19)11-4-5-11)10-26-14-8-12-6-7-13(9-14)20(12)25/h1-3,11-14,19,24H,4-10H2/t12-,13+,14?,19?. The lowest BCUT2D eigenvalue weighted by Gasteiger charge is -2.27. The first-order valence-corrected chi connectivity index (χ1v) is 10.6. The van der Waals surface area contributed by atoms with E-state index < -0.39 is 0 Å². The summed E-state index contributed by atoms with van der Waals surface area (Å²) >= 11 is 12.9. The summed E-state index contributed by atoms with van der Waals surface area (Å²) in [6.45, 7) is 0.489. The number of fused-ring (bicyclic) bond motifs is 2. The van der Waals surface area contributed by atoms with Crippen molar-refractivity contribution in [2.24, 2.45) is 17.8 Å². The number of benzene rings is 1. The van der Waals surface area contributed by atoms with Crippen molar-refractivity contribution in [3.05, 3.63) is 45.1 Å². The van der Waals surface area contributed by atoms with Crippen LogP contribution in [0.15, 0.2) is 29.5 Å². The number of nitrogens with one attached hydrogen (secondary N) is 1. The third-order valence-electron chi connectivity index (χ3n) is 6.43. The summed E-state index contributed by atoms with van der Waals surface area (Å²) < 4.78 is 6.32. The number of hydroxylamine groups is 1. The van der Waals surface area contributed by atoms with Crippen molar-refractivity contribution in [2.45, 2.75) is 50.7 Å². The third kappa shape index (κ3) is 3.31. The number of carbonyl (C=O) groups is 1. The lowest BCUT2D eigenvalue weighted by Crippen LogP contribution is -2.31. The van der Waals surface area contributed by atoms with Crippen LogP contribution in [0.1, 0.15) is 50.1 Å². The van der Waals surface area contributed by atoms with E-state index in [2.05, 4.69) is 5.48 Å². The molecule has 5 rings (SSSR count). The molecule has 0 spiro atoms. The van der Waals surface area contributed by atoms with Gasteiger partial charge in [0, 0.05) is 38.9 Å². The van der Waals surface area contributed by atoms with Crippen LogP contribution in [0, 0.1) is 17.8 Å². The summed E-state index contributed by atoms with van der Waals surface area (Å²) in [6.07, 6.45) is 6.21. The Balaban J connectivity index is 1.36. The zero-order valence-corrected chi connectivity index (χ0v) is 16.6. The summed E-state index contributed by atoms with van der Waals surface area (Å²) in [6, 6.07) is 5.36. The van der Waals surface area contributed by atoms with Crippen LogP contribution in [0.3, 0.4) is 0 Å². The quantitative estimate of drug-likeness (QED) is 0.744. The third-order valence-corrected chi connectivity index (χ3v) is 7.09. The predicted octanol–water partition coefficient (Wildman–Crippen LogP) is 5.01. The molecule has 6 heteroatoms. The maximum absolute atomic E-state index is 12.1. The maximum Gasteiger partial charge on any atom is 0.139 e. The van der Waals surface area contributed by atoms with Gasteiger partial charge in [-0.1, -0.05) is 29.3 Å². The molecule has 144 valence electrons. The van der Waals surface area contributed by atoms with Crippen molar-refractivity contribution >= 4 is 29.0 Å². The first-order chi connectivity index (χ1) is 13.1. The SMILES string of the molecule is O=C1[C@@H]2CC[C@H]1CC(OCC1=C(C3CC3)ONC1c1c(Cl)cccc1Cl)C2. The average Bonchev–Trinajstić information content (AvgIpc) is 3.38. The molecule has 27 heavy (non-hydrogen) atoms. The van der Waals surface area contributed by atoms with Crippen LogP contribution in [0.2, 0.25) is 10.0 Å². The van der Waals surface area contributed by atoms with Crippen LogP contribution in [0.4, 0.5) is 0 Å². The number of halogens is 2. The second-order valence-electron chi connectivity index (χ2n) is 8.23. The summed E-state index contributed by atoms with van der Waals surface area (Å²) in [4.78, 5) is 18.0. The molecule has 0 radical (unpaired) electrons. The Hall–Kier alpha value is -1.07. The van der Waals surface area contributed by atoms with Crippen LogP contribution in [-0.4, -0.2) is 18.5 Å². The van der Waals surface area contributed by atoms with Gasteiger partial charge < -0.3 is 9.57 Å². The number of rotatable bonds is 5. The van der Waals surface area contributed by atoms with Crippen LogP contribution in [0.5, 0.6) is 0 Å². The molecule has 1 aliphatic heterocycles. The summed E-state index contributed by atoms with van der Waals surface area (Å²) in [5.74, 6) is 2.33. The van der Waals surface area contributed by atoms with Crippen molar-refractivity contribution < 1.29 is 14.4 Å². The minimum absolute atomic E-state index is 0.149. The van der Waals surface area contributed by atoms with Crippen molar-refractivity contribution in [1.29, 1.82) is 0 Å². The summed E-state index contributed by atoms with van der Waals surface area (Å²) in [7, 11) is 0. The van der Waals surface area contributed by atoms with Gasteiger partial charge in [0.2, 0.25) is 0 Å². The van der Waals surface area contributed by atoms with Crippen molar-refractivity contribution in [3.63, 3.8) is 0 Å². The van der Waals surface area contributed by atoms with E-state index >= 15 is 0 Å². The van der Waals surface area contributed by atoms with Crippen molar-refractivity contribution in [1.82, 2.24) is 5.48 Å². The van der Waals surface area contributed by atoms with E-state index in [1.54, 1.807) is 0 Å².